The van der Waals surface area contributed by atoms with Crippen LogP contribution in [0.3, 0.4) is 0 Å². The van der Waals surface area contributed by atoms with Crippen molar-refractivity contribution in [2.75, 3.05) is 6.61 Å². The average Bonchev–Trinajstić information content (AvgIpc) is 2.75. The van der Waals surface area contributed by atoms with Gasteiger partial charge in [-0.2, -0.15) is 8.75 Å². The predicted octanol–water partition coefficient (Wildman–Crippen LogP) is 0.350. The molecule has 0 aliphatic heterocycles. The zero-order chi connectivity index (χ0) is 12.5. The molecule has 6 nitrogen and oxygen atoms in total. The molecule has 0 saturated heterocycles. The van der Waals surface area contributed by atoms with Gasteiger partial charge in [-0.1, -0.05) is 6.07 Å². The average molecular weight is 273 g/mol. The highest BCUT2D eigenvalue weighted by molar-refractivity contribution is 7.89. The molecule has 17 heavy (non-hydrogen) atoms. The number of aliphatic hydroxyl groups excluding tert-OH is 1. The smallest absolute Gasteiger partial charge is 0.243 e. The van der Waals surface area contributed by atoms with E-state index in [9.17, 15) is 8.42 Å². The van der Waals surface area contributed by atoms with E-state index in [2.05, 4.69) is 13.5 Å². The van der Waals surface area contributed by atoms with Crippen LogP contribution < -0.4 is 4.72 Å². The van der Waals surface area contributed by atoms with Crippen molar-refractivity contribution in [1.29, 1.82) is 0 Å². The molecule has 2 N–H and O–H groups in total. The number of fused-ring (bicyclic) bond motifs is 1. The molecule has 1 aromatic carbocycles. The third-order valence-corrected chi connectivity index (χ3v) is 4.33. The number of hydrogen-bond acceptors (Lipinski definition) is 6. The van der Waals surface area contributed by atoms with Crippen molar-refractivity contribution >= 4 is 32.8 Å². The minimum atomic E-state index is -3.67. The number of aliphatic hydroxyl groups is 1. The second-order valence-corrected chi connectivity index (χ2v) is 5.80. The van der Waals surface area contributed by atoms with E-state index >= 15 is 0 Å². The van der Waals surface area contributed by atoms with Crippen LogP contribution in [0, 0.1) is 0 Å². The highest BCUT2D eigenvalue weighted by Crippen LogP contribution is 2.20. The molecule has 0 aliphatic rings. The van der Waals surface area contributed by atoms with Crippen molar-refractivity contribution in [3.05, 3.63) is 18.2 Å². The standard InChI is InChI=1S/C9H11N3O3S2/c1-6(5-13)12-17(14,15)8-4-2-3-7-9(8)11-16-10-7/h2-4,6,12-13H,5H2,1H3/t6-/m1/s1. The van der Waals surface area contributed by atoms with E-state index in [0.717, 1.165) is 11.7 Å². The number of sulfonamides is 1. The number of rotatable bonds is 4. The highest BCUT2D eigenvalue weighted by atomic mass is 32.2. The molecule has 2 aromatic rings. The van der Waals surface area contributed by atoms with Gasteiger partial charge in [-0.3, -0.25) is 0 Å². The second-order valence-electron chi connectivity index (χ2n) is 3.59. The largest absolute Gasteiger partial charge is 0.395 e. The van der Waals surface area contributed by atoms with E-state index < -0.39 is 16.1 Å². The van der Waals surface area contributed by atoms with Crippen LogP contribution in [-0.2, 0) is 10.0 Å². The summed E-state index contributed by atoms with van der Waals surface area (Å²) < 4.78 is 34.4. The summed E-state index contributed by atoms with van der Waals surface area (Å²) in [5.41, 5.74) is 0.907. The lowest BCUT2D eigenvalue weighted by Crippen LogP contribution is -2.35. The fourth-order valence-corrected chi connectivity index (χ4v) is 3.36. The minimum Gasteiger partial charge on any atom is -0.395 e. The second kappa shape index (κ2) is 4.65. The molecule has 0 amide bonds. The Bertz CT molecular complexity index is 623. The molecule has 0 spiro atoms. The zero-order valence-corrected chi connectivity index (χ0v) is 10.6. The number of hydrogen-bond donors (Lipinski definition) is 2. The Morgan fingerprint density at radius 3 is 2.94 bits per heavy atom. The summed E-state index contributed by atoms with van der Waals surface area (Å²) in [6, 6.07) is 4.24. The molecule has 0 unspecified atom stereocenters. The maximum absolute atomic E-state index is 12.0. The Morgan fingerprint density at radius 2 is 2.24 bits per heavy atom. The van der Waals surface area contributed by atoms with Crippen molar-refractivity contribution in [1.82, 2.24) is 13.5 Å². The van der Waals surface area contributed by atoms with Gasteiger partial charge in [0.2, 0.25) is 10.0 Å². The SMILES string of the molecule is C[C@H](CO)NS(=O)(=O)c1cccc2nsnc12. The van der Waals surface area contributed by atoms with E-state index in [1.165, 1.54) is 6.07 Å². The van der Waals surface area contributed by atoms with E-state index in [1.54, 1.807) is 19.1 Å². The van der Waals surface area contributed by atoms with Crippen LogP contribution in [0.2, 0.25) is 0 Å². The van der Waals surface area contributed by atoms with Crippen molar-refractivity contribution in [2.24, 2.45) is 0 Å². The molecular formula is C9H11N3O3S2. The normalized spacial score (nSPS) is 14.0. The van der Waals surface area contributed by atoms with Gasteiger partial charge in [0.15, 0.2) is 0 Å². The summed E-state index contributed by atoms with van der Waals surface area (Å²) in [6.07, 6.45) is 0. The van der Waals surface area contributed by atoms with Crippen LogP contribution >= 0.6 is 11.7 Å². The van der Waals surface area contributed by atoms with E-state index in [0.29, 0.717) is 11.0 Å². The topological polar surface area (TPSA) is 92.2 Å². The maximum atomic E-state index is 12.0. The molecule has 0 radical (unpaired) electrons. The fourth-order valence-electron chi connectivity index (χ4n) is 1.36. The van der Waals surface area contributed by atoms with E-state index in [4.69, 9.17) is 5.11 Å². The predicted molar refractivity (Wildman–Crippen MR) is 64.3 cm³/mol. The van der Waals surface area contributed by atoms with Crippen molar-refractivity contribution in [3.8, 4) is 0 Å². The van der Waals surface area contributed by atoms with Gasteiger partial charge in [0, 0.05) is 6.04 Å². The number of benzene rings is 1. The van der Waals surface area contributed by atoms with Crippen LogP contribution in [0.25, 0.3) is 11.0 Å². The van der Waals surface area contributed by atoms with Gasteiger partial charge in [0.05, 0.1) is 18.3 Å². The van der Waals surface area contributed by atoms with Crippen LogP contribution in [0.15, 0.2) is 23.1 Å². The Morgan fingerprint density at radius 1 is 1.47 bits per heavy atom. The number of nitrogens with one attached hydrogen (secondary N) is 1. The molecule has 8 heteroatoms. The van der Waals surface area contributed by atoms with E-state index in [-0.39, 0.29) is 11.5 Å². The molecule has 1 aromatic heterocycles. The quantitative estimate of drug-likeness (QED) is 0.838. The zero-order valence-electron chi connectivity index (χ0n) is 8.99. The molecule has 0 saturated carbocycles. The van der Waals surface area contributed by atoms with Gasteiger partial charge >= 0.3 is 0 Å². The van der Waals surface area contributed by atoms with Crippen molar-refractivity contribution in [2.45, 2.75) is 17.9 Å². The molecular weight excluding hydrogens is 262 g/mol. The fraction of sp³-hybridized carbons (Fsp3) is 0.333. The summed E-state index contributed by atoms with van der Waals surface area (Å²) in [6.45, 7) is 1.32. The first-order valence-electron chi connectivity index (χ1n) is 4.89. The van der Waals surface area contributed by atoms with Crippen LogP contribution in [-0.4, -0.2) is 34.9 Å². The summed E-state index contributed by atoms with van der Waals surface area (Å²) in [4.78, 5) is 0.0871. The maximum Gasteiger partial charge on any atom is 0.243 e. The van der Waals surface area contributed by atoms with Gasteiger partial charge in [-0.25, -0.2) is 13.1 Å². The first-order chi connectivity index (χ1) is 8.04. The molecule has 0 fully saturated rings. The summed E-state index contributed by atoms with van der Waals surface area (Å²) in [5.74, 6) is 0. The summed E-state index contributed by atoms with van der Waals surface area (Å²) in [7, 11) is -3.67. The van der Waals surface area contributed by atoms with Gasteiger partial charge < -0.3 is 5.11 Å². The van der Waals surface area contributed by atoms with E-state index in [1.807, 2.05) is 0 Å². The van der Waals surface area contributed by atoms with Gasteiger partial charge in [-0.05, 0) is 19.1 Å². The first kappa shape index (κ1) is 12.4. The Kier molecular flexibility index (Phi) is 3.38. The minimum absolute atomic E-state index is 0.0871. The monoisotopic (exact) mass is 273 g/mol. The molecule has 0 bridgehead atoms. The Hall–Kier alpha value is -1.09. The number of nitrogens with zero attached hydrogens (tertiary/aromatic N) is 2. The van der Waals surface area contributed by atoms with Crippen LogP contribution in [0.5, 0.6) is 0 Å². The van der Waals surface area contributed by atoms with Gasteiger partial charge in [0.25, 0.3) is 0 Å². The molecule has 92 valence electrons. The van der Waals surface area contributed by atoms with Crippen molar-refractivity contribution < 1.29 is 13.5 Å². The van der Waals surface area contributed by atoms with Crippen molar-refractivity contribution in [3.63, 3.8) is 0 Å². The highest BCUT2D eigenvalue weighted by Gasteiger charge is 2.21. The summed E-state index contributed by atoms with van der Waals surface area (Å²) >= 11 is 0.966. The first-order valence-corrected chi connectivity index (χ1v) is 7.10. The lowest BCUT2D eigenvalue weighted by Gasteiger charge is -2.11. The van der Waals surface area contributed by atoms with Crippen LogP contribution in [0.4, 0.5) is 0 Å². The molecule has 1 heterocycles. The third-order valence-electron chi connectivity index (χ3n) is 2.17. The van der Waals surface area contributed by atoms with Crippen LogP contribution in [0.1, 0.15) is 6.92 Å². The lowest BCUT2D eigenvalue weighted by molar-refractivity contribution is 0.265. The van der Waals surface area contributed by atoms with Gasteiger partial charge in [-0.15, -0.1) is 0 Å². The Balaban J connectivity index is 2.49. The summed E-state index contributed by atoms with van der Waals surface area (Å²) in [5, 5.41) is 8.87. The van der Waals surface area contributed by atoms with Gasteiger partial charge in [0.1, 0.15) is 15.9 Å². The molecule has 0 aliphatic carbocycles. The number of aromatic nitrogens is 2. The Labute approximate surface area is 103 Å². The lowest BCUT2D eigenvalue weighted by atomic mass is 10.3. The molecule has 1 atom stereocenters. The third kappa shape index (κ3) is 2.44. The molecule has 2 rings (SSSR count).